The van der Waals surface area contributed by atoms with Gasteiger partial charge in [0, 0.05) is 37.9 Å². The number of nitrogens with zero attached hydrogens (tertiary/aromatic N) is 2. The highest BCUT2D eigenvalue weighted by Gasteiger charge is 2.25. The molecule has 4 nitrogen and oxygen atoms in total. The summed E-state index contributed by atoms with van der Waals surface area (Å²) in [5.41, 5.74) is 2.67. The Balaban J connectivity index is 1.57. The van der Waals surface area contributed by atoms with Crippen LogP contribution in [-0.2, 0) is 11.2 Å². The van der Waals surface area contributed by atoms with E-state index < -0.39 is 0 Å². The summed E-state index contributed by atoms with van der Waals surface area (Å²) in [6.07, 6.45) is 2.30. The predicted octanol–water partition coefficient (Wildman–Crippen LogP) is 2.03. The molecule has 0 aliphatic carbocycles. The van der Waals surface area contributed by atoms with Gasteiger partial charge in [-0.3, -0.25) is 4.90 Å². The Morgan fingerprint density at radius 1 is 1.32 bits per heavy atom. The molecule has 3 rings (SSSR count). The fourth-order valence-corrected chi connectivity index (χ4v) is 3.61. The van der Waals surface area contributed by atoms with Crippen molar-refractivity contribution >= 4 is 23.0 Å². The van der Waals surface area contributed by atoms with Crippen molar-refractivity contribution in [3.63, 3.8) is 0 Å². The molecular weight excluding hydrogens is 294 g/mol. The average Bonchev–Trinajstić information content (AvgIpc) is 2.55. The lowest BCUT2D eigenvalue weighted by Crippen LogP contribution is -2.49. The zero-order chi connectivity index (χ0) is 15.4. The van der Waals surface area contributed by atoms with Crippen molar-refractivity contribution in [2.45, 2.75) is 25.8 Å². The Morgan fingerprint density at radius 3 is 2.91 bits per heavy atom. The molecule has 22 heavy (non-hydrogen) atoms. The first-order valence-corrected chi connectivity index (χ1v) is 8.61. The van der Waals surface area contributed by atoms with E-state index in [9.17, 15) is 0 Å². The number of rotatable bonds is 3. The van der Waals surface area contributed by atoms with Gasteiger partial charge in [-0.15, -0.1) is 0 Å². The van der Waals surface area contributed by atoms with Crippen LogP contribution in [0, 0.1) is 0 Å². The van der Waals surface area contributed by atoms with E-state index in [1.807, 2.05) is 0 Å². The number of aryl methyl sites for hydroxylation is 1. The minimum absolute atomic E-state index is 0.457. The van der Waals surface area contributed by atoms with Crippen LogP contribution in [0.4, 0.5) is 5.69 Å². The standard InChI is InChI=1S/C17H25N3OS/c1-14-6-7-15-4-2-3-5-16(15)20(14)17(22)18-8-9-19-10-12-21-13-11-19/h2-5,14H,6-13H2,1H3,(H,18,22)/t14-/m0/s1. The monoisotopic (exact) mass is 319 g/mol. The van der Waals surface area contributed by atoms with Gasteiger partial charge in [0.1, 0.15) is 0 Å². The Morgan fingerprint density at radius 2 is 2.09 bits per heavy atom. The van der Waals surface area contributed by atoms with Gasteiger partial charge in [0.05, 0.1) is 13.2 Å². The average molecular weight is 319 g/mol. The molecule has 0 radical (unpaired) electrons. The molecule has 5 heteroatoms. The molecule has 0 saturated carbocycles. The Bertz CT molecular complexity index is 516. The summed E-state index contributed by atoms with van der Waals surface area (Å²) in [5.74, 6) is 0. The fraction of sp³-hybridized carbons (Fsp3) is 0.588. The third-order valence-electron chi connectivity index (χ3n) is 4.55. The van der Waals surface area contributed by atoms with Gasteiger partial charge >= 0.3 is 0 Å². The van der Waals surface area contributed by atoms with E-state index in [2.05, 4.69) is 46.3 Å². The Labute approximate surface area is 138 Å². The van der Waals surface area contributed by atoms with Gasteiger partial charge in [-0.05, 0) is 43.6 Å². The quantitative estimate of drug-likeness (QED) is 0.861. The molecule has 1 fully saturated rings. The number of hydrogen-bond acceptors (Lipinski definition) is 3. The molecule has 120 valence electrons. The molecule has 2 aliphatic heterocycles. The minimum Gasteiger partial charge on any atom is -0.379 e. The maximum atomic E-state index is 5.67. The topological polar surface area (TPSA) is 27.7 Å². The first-order valence-electron chi connectivity index (χ1n) is 8.21. The molecule has 0 aromatic heterocycles. The van der Waals surface area contributed by atoms with Gasteiger partial charge in [-0.2, -0.15) is 0 Å². The first-order chi connectivity index (χ1) is 10.8. The van der Waals surface area contributed by atoms with Gasteiger partial charge in [-0.1, -0.05) is 18.2 Å². The number of fused-ring (bicyclic) bond motifs is 1. The van der Waals surface area contributed by atoms with Crippen LogP contribution in [0.3, 0.4) is 0 Å². The van der Waals surface area contributed by atoms with Crippen LogP contribution >= 0.6 is 12.2 Å². The van der Waals surface area contributed by atoms with Crippen LogP contribution in [0.2, 0.25) is 0 Å². The molecule has 1 aromatic rings. The highest BCUT2D eigenvalue weighted by atomic mass is 32.1. The van der Waals surface area contributed by atoms with Gasteiger partial charge in [0.15, 0.2) is 5.11 Å². The van der Waals surface area contributed by atoms with E-state index in [1.54, 1.807) is 0 Å². The molecule has 1 atom stereocenters. The van der Waals surface area contributed by atoms with Gasteiger partial charge in [-0.25, -0.2) is 0 Å². The summed E-state index contributed by atoms with van der Waals surface area (Å²) in [7, 11) is 0. The summed E-state index contributed by atoms with van der Waals surface area (Å²) in [5, 5.41) is 4.30. The molecule has 0 unspecified atom stereocenters. The van der Waals surface area contributed by atoms with Crippen LogP contribution in [0.15, 0.2) is 24.3 Å². The lowest BCUT2D eigenvalue weighted by atomic mass is 9.97. The number of hydrogen-bond donors (Lipinski definition) is 1. The second-order valence-electron chi connectivity index (χ2n) is 6.07. The number of morpholine rings is 1. The number of thiocarbonyl (C=S) groups is 1. The van der Waals surface area contributed by atoms with Crippen LogP contribution in [0.25, 0.3) is 0 Å². The summed E-state index contributed by atoms with van der Waals surface area (Å²) in [4.78, 5) is 4.71. The second-order valence-corrected chi connectivity index (χ2v) is 6.46. The van der Waals surface area contributed by atoms with Crippen molar-refractivity contribution < 1.29 is 4.74 Å². The summed E-state index contributed by atoms with van der Waals surface area (Å²) in [6, 6.07) is 9.06. The number of benzene rings is 1. The van der Waals surface area contributed by atoms with Crippen molar-refractivity contribution in [3.8, 4) is 0 Å². The normalized spacial score (nSPS) is 22.2. The lowest BCUT2D eigenvalue weighted by Gasteiger charge is -2.37. The zero-order valence-corrected chi connectivity index (χ0v) is 14.1. The van der Waals surface area contributed by atoms with Crippen molar-refractivity contribution in [1.29, 1.82) is 0 Å². The Kier molecular flexibility index (Phi) is 5.28. The molecule has 1 N–H and O–H groups in total. The molecular formula is C17H25N3OS. The van der Waals surface area contributed by atoms with Gasteiger partial charge in [0.2, 0.25) is 0 Å². The van der Waals surface area contributed by atoms with Crippen molar-refractivity contribution in [1.82, 2.24) is 10.2 Å². The number of anilines is 1. The van der Waals surface area contributed by atoms with E-state index in [-0.39, 0.29) is 0 Å². The SMILES string of the molecule is C[C@H]1CCc2ccccc2N1C(=S)NCCN1CCOCC1. The van der Waals surface area contributed by atoms with Gasteiger partial charge < -0.3 is 15.0 Å². The molecule has 0 bridgehead atoms. The summed E-state index contributed by atoms with van der Waals surface area (Å²) >= 11 is 5.67. The molecule has 1 aromatic carbocycles. The van der Waals surface area contributed by atoms with E-state index in [0.717, 1.165) is 57.3 Å². The molecule has 1 saturated heterocycles. The second kappa shape index (κ2) is 7.40. The number of para-hydroxylation sites is 1. The van der Waals surface area contributed by atoms with Crippen LogP contribution in [0.5, 0.6) is 0 Å². The van der Waals surface area contributed by atoms with Crippen LogP contribution in [0.1, 0.15) is 18.9 Å². The predicted molar refractivity (Wildman–Crippen MR) is 94.6 cm³/mol. The van der Waals surface area contributed by atoms with E-state index in [0.29, 0.717) is 6.04 Å². The zero-order valence-electron chi connectivity index (χ0n) is 13.3. The number of ether oxygens (including phenoxy) is 1. The highest BCUT2D eigenvalue weighted by Crippen LogP contribution is 2.30. The minimum atomic E-state index is 0.457. The number of nitrogens with one attached hydrogen (secondary N) is 1. The summed E-state index contributed by atoms with van der Waals surface area (Å²) < 4.78 is 5.38. The molecule has 0 spiro atoms. The van der Waals surface area contributed by atoms with Crippen molar-refractivity contribution in [2.24, 2.45) is 0 Å². The fourth-order valence-electron chi connectivity index (χ4n) is 3.23. The first kappa shape index (κ1) is 15.7. The third-order valence-corrected chi connectivity index (χ3v) is 4.89. The van der Waals surface area contributed by atoms with Crippen molar-refractivity contribution in [2.75, 3.05) is 44.3 Å². The van der Waals surface area contributed by atoms with E-state index in [1.165, 1.54) is 11.3 Å². The molecule has 0 amide bonds. The maximum Gasteiger partial charge on any atom is 0.173 e. The summed E-state index contributed by atoms with van der Waals surface area (Å²) in [6.45, 7) is 7.92. The van der Waals surface area contributed by atoms with E-state index >= 15 is 0 Å². The van der Waals surface area contributed by atoms with E-state index in [4.69, 9.17) is 17.0 Å². The lowest BCUT2D eigenvalue weighted by molar-refractivity contribution is 0.0389. The third kappa shape index (κ3) is 3.59. The van der Waals surface area contributed by atoms with Crippen LogP contribution < -0.4 is 10.2 Å². The largest absolute Gasteiger partial charge is 0.379 e. The molecule has 2 heterocycles. The maximum absolute atomic E-state index is 5.67. The highest BCUT2D eigenvalue weighted by molar-refractivity contribution is 7.80. The van der Waals surface area contributed by atoms with Gasteiger partial charge in [0.25, 0.3) is 0 Å². The smallest absolute Gasteiger partial charge is 0.173 e. The van der Waals surface area contributed by atoms with Crippen molar-refractivity contribution in [3.05, 3.63) is 29.8 Å². The Hall–Kier alpha value is -1.17. The molecule has 2 aliphatic rings. The van der Waals surface area contributed by atoms with Crippen LogP contribution in [-0.4, -0.2) is 55.4 Å².